The number of nitrogens with zero attached hydrogens (tertiary/aromatic N) is 4. The summed E-state index contributed by atoms with van der Waals surface area (Å²) in [5.41, 5.74) is 0. The molecule has 0 spiro atoms. The third-order valence-corrected chi connectivity index (χ3v) is 7.65. The van der Waals surface area contributed by atoms with E-state index >= 15 is 0 Å². The maximum Gasteiger partial charge on any atom is 0.236 e. The summed E-state index contributed by atoms with van der Waals surface area (Å²) in [5.74, 6) is 1.29. The van der Waals surface area contributed by atoms with Crippen LogP contribution in [0, 0.1) is 0 Å². The molecule has 6 nitrogen and oxygen atoms in total. The van der Waals surface area contributed by atoms with Gasteiger partial charge in [-0.2, -0.15) is 0 Å². The zero-order chi connectivity index (χ0) is 20.1. The van der Waals surface area contributed by atoms with Crippen molar-refractivity contribution in [2.24, 2.45) is 4.99 Å². The quantitative estimate of drug-likeness (QED) is 0.570. The number of thioether (sulfide) groups is 1. The number of hydrogen-bond donors (Lipinski definition) is 1. The molecular weight excluding hydrogens is 382 g/mol. The van der Waals surface area contributed by atoms with Crippen LogP contribution in [0.2, 0.25) is 0 Å². The monoisotopic (exact) mass is 415 g/mol. The minimum absolute atomic E-state index is 0.298. The maximum atomic E-state index is 12.4. The summed E-state index contributed by atoms with van der Waals surface area (Å²) in [4.78, 5) is 24.9. The van der Waals surface area contributed by atoms with E-state index in [0.29, 0.717) is 17.2 Å². The van der Waals surface area contributed by atoms with E-state index in [1.54, 1.807) is 0 Å². The standard InChI is InChI=1S/C22H33N5OS/c1-23-21(24-18-22(9-10-22)29-19-7-3-2-4-8-19)27-15-13-25(14-16-27)17-20(28)26-11-5-6-12-26/h2-4,7-8H,5-6,9-18H2,1H3,(H,23,24). The molecule has 1 amide bonds. The molecular formula is C22H33N5OS. The first-order chi connectivity index (χ1) is 14.2. The average Bonchev–Trinajstić information content (AvgIpc) is 3.27. The van der Waals surface area contributed by atoms with Crippen LogP contribution in [-0.4, -0.2) is 90.7 Å². The first-order valence-corrected chi connectivity index (χ1v) is 11.7. The second-order valence-electron chi connectivity index (χ2n) is 8.35. The van der Waals surface area contributed by atoms with Crippen molar-refractivity contribution in [2.75, 3.05) is 59.4 Å². The molecule has 0 bridgehead atoms. The number of carbonyl (C=O) groups is 1. The van der Waals surface area contributed by atoms with Gasteiger partial charge in [0.25, 0.3) is 0 Å². The highest BCUT2D eigenvalue weighted by Crippen LogP contribution is 2.51. The van der Waals surface area contributed by atoms with Crippen molar-refractivity contribution < 1.29 is 4.79 Å². The van der Waals surface area contributed by atoms with Gasteiger partial charge >= 0.3 is 0 Å². The second-order valence-corrected chi connectivity index (χ2v) is 9.89. The van der Waals surface area contributed by atoms with Gasteiger partial charge in [0, 0.05) is 62.5 Å². The molecule has 1 aromatic carbocycles. The Kier molecular flexibility index (Phi) is 6.65. The molecule has 1 aromatic rings. The number of benzene rings is 1. The van der Waals surface area contributed by atoms with Gasteiger partial charge in [-0.1, -0.05) is 18.2 Å². The number of amides is 1. The van der Waals surface area contributed by atoms with Crippen LogP contribution in [0.3, 0.4) is 0 Å². The zero-order valence-electron chi connectivity index (χ0n) is 17.5. The van der Waals surface area contributed by atoms with Gasteiger partial charge in [-0.25, -0.2) is 0 Å². The van der Waals surface area contributed by atoms with Gasteiger partial charge in [-0.3, -0.25) is 14.7 Å². The Morgan fingerprint density at radius 2 is 1.72 bits per heavy atom. The third kappa shape index (κ3) is 5.45. The lowest BCUT2D eigenvalue weighted by Crippen LogP contribution is -2.54. The number of hydrogen-bond acceptors (Lipinski definition) is 4. The van der Waals surface area contributed by atoms with Crippen LogP contribution in [0.15, 0.2) is 40.2 Å². The lowest BCUT2D eigenvalue weighted by molar-refractivity contribution is -0.131. The van der Waals surface area contributed by atoms with Gasteiger partial charge in [0.05, 0.1) is 6.54 Å². The van der Waals surface area contributed by atoms with Crippen molar-refractivity contribution >= 4 is 23.6 Å². The van der Waals surface area contributed by atoms with Crippen molar-refractivity contribution in [1.29, 1.82) is 0 Å². The molecule has 3 fully saturated rings. The lowest BCUT2D eigenvalue weighted by atomic mass is 10.3. The fourth-order valence-electron chi connectivity index (χ4n) is 4.14. The van der Waals surface area contributed by atoms with Crippen LogP contribution in [0.4, 0.5) is 0 Å². The Bertz CT molecular complexity index is 707. The van der Waals surface area contributed by atoms with Gasteiger partial charge in [0.1, 0.15) is 0 Å². The van der Waals surface area contributed by atoms with E-state index in [1.807, 2.05) is 23.7 Å². The SMILES string of the molecule is CN=C(NCC1(Sc2ccccc2)CC1)N1CCN(CC(=O)N2CCCC2)CC1. The molecule has 1 aliphatic carbocycles. The van der Waals surface area contributed by atoms with E-state index in [2.05, 4.69) is 50.4 Å². The number of rotatable bonds is 6. The van der Waals surface area contributed by atoms with Crippen molar-refractivity contribution in [3.63, 3.8) is 0 Å². The fraction of sp³-hybridized carbons (Fsp3) is 0.636. The van der Waals surface area contributed by atoms with Crippen LogP contribution in [0.5, 0.6) is 0 Å². The van der Waals surface area contributed by atoms with Crippen LogP contribution < -0.4 is 5.32 Å². The van der Waals surface area contributed by atoms with Crippen molar-refractivity contribution in [3.8, 4) is 0 Å². The van der Waals surface area contributed by atoms with Gasteiger partial charge < -0.3 is 15.1 Å². The Morgan fingerprint density at radius 3 is 2.34 bits per heavy atom. The molecule has 4 rings (SSSR count). The average molecular weight is 416 g/mol. The van der Waals surface area contributed by atoms with Crippen LogP contribution >= 0.6 is 11.8 Å². The first kappa shape index (κ1) is 20.5. The zero-order valence-corrected chi connectivity index (χ0v) is 18.3. The first-order valence-electron chi connectivity index (χ1n) is 10.9. The normalized spacial score (nSPS) is 22.0. The van der Waals surface area contributed by atoms with Gasteiger partial charge in [0.15, 0.2) is 5.96 Å². The predicted octanol–water partition coefficient (Wildman–Crippen LogP) is 2.13. The van der Waals surface area contributed by atoms with Gasteiger partial charge in [0.2, 0.25) is 5.91 Å². The lowest BCUT2D eigenvalue weighted by Gasteiger charge is -2.37. The number of nitrogens with one attached hydrogen (secondary N) is 1. The van der Waals surface area contributed by atoms with E-state index in [4.69, 9.17) is 0 Å². The minimum Gasteiger partial charge on any atom is -0.355 e. The topological polar surface area (TPSA) is 51.2 Å². The summed E-state index contributed by atoms with van der Waals surface area (Å²) in [6, 6.07) is 10.7. The summed E-state index contributed by atoms with van der Waals surface area (Å²) in [6.45, 7) is 7.09. The maximum absolute atomic E-state index is 12.4. The summed E-state index contributed by atoms with van der Waals surface area (Å²) in [7, 11) is 1.87. The van der Waals surface area contributed by atoms with Gasteiger partial charge in [-0.05, 0) is 37.8 Å². The van der Waals surface area contributed by atoms with Crippen molar-refractivity contribution in [1.82, 2.24) is 20.0 Å². The van der Waals surface area contributed by atoms with Gasteiger partial charge in [-0.15, -0.1) is 11.8 Å². The third-order valence-electron chi connectivity index (χ3n) is 6.16. The van der Waals surface area contributed by atoms with E-state index in [0.717, 1.165) is 64.6 Å². The summed E-state index contributed by atoms with van der Waals surface area (Å²) >= 11 is 1.99. The second kappa shape index (κ2) is 9.39. The molecule has 1 saturated carbocycles. The summed E-state index contributed by atoms with van der Waals surface area (Å²) < 4.78 is 0.307. The van der Waals surface area contributed by atoms with Crippen molar-refractivity contribution in [3.05, 3.63) is 30.3 Å². The molecule has 0 radical (unpaired) electrons. The number of guanidine groups is 1. The number of likely N-dealkylation sites (tertiary alicyclic amines) is 1. The highest BCUT2D eigenvalue weighted by atomic mass is 32.2. The molecule has 29 heavy (non-hydrogen) atoms. The molecule has 7 heteroatoms. The molecule has 0 unspecified atom stereocenters. The summed E-state index contributed by atoms with van der Waals surface area (Å²) in [6.07, 6.45) is 4.82. The fourth-order valence-corrected chi connectivity index (χ4v) is 5.38. The van der Waals surface area contributed by atoms with E-state index < -0.39 is 0 Å². The molecule has 1 N–H and O–H groups in total. The molecule has 0 atom stereocenters. The number of carbonyl (C=O) groups excluding carboxylic acids is 1. The Labute approximate surface area is 178 Å². The molecule has 2 aliphatic heterocycles. The van der Waals surface area contributed by atoms with Crippen LogP contribution in [0.1, 0.15) is 25.7 Å². The number of aliphatic imine (C=N–C) groups is 1. The Hall–Kier alpha value is -1.73. The number of piperazine rings is 1. The Balaban J connectivity index is 1.22. The Morgan fingerprint density at radius 1 is 1.03 bits per heavy atom. The molecule has 2 heterocycles. The molecule has 0 aromatic heterocycles. The van der Waals surface area contributed by atoms with E-state index in [-0.39, 0.29) is 0 Å². The highest BCUT2D eigenvalue weighted by Gasteiger charge is 2.44. The van der Waals surface area contributed by atoms with E-state index in [9.17, 15) is 4.79 Å². The molecule has 158 valence electrons. The smallest absolute Gasteiger partial charge is 0.236 e. The minimum atomic E-state index is 0.298. The highest BCUT2D eigenvalue weighted by molar-refractivity contribution is 8.01. The predicted molar refractivity (Wildman–Crippen MR) is 119 cm³/mol. The molecule has 2 saturated heterocycles. The van der Waals surface area contributed by atoms with Crippen molar-refractivity contribution in [2.45, 2.75) is 35.3 Å². The van der Waals surface area contributed by atoms with E-state index in [1.165, 1.54) is 17.7 Å². The molecule has 3 aliphatic rings. The summed E-state index contributed by atoms with van der Waals surface area (Å²) in [5, 5.41) is 3.62. The van der Waals surface area contributed by atoms with Crippen LogP contribution in [0.25, 0.3) is 0 Å². The largest absolute Gasteiger partial charge is 0.355 e. The van der Waals surface area contributed by atoms with Crippen LogP contribution in [-0.2, 0) is 4.79 Å².